The standard InChI is InChI=1S/C26H39FN4O/c1-8-14-31(15-9-2)25-23(27)24(20(5)22(29-25)12-13-26(6,7)32)30-28-17-21-11-10-18(3)19(4)16-21/h10-11,16-17,32H,8-9,12-15H2,1-7H3,(H,29,30)/b28-17+. The second kappa shape index (κ2) is 11.4. The van der Waals surface area contributed by atoms with E-state index in [0.717, 1.165) is 42.8 Å². The van der Waals surface area contributed by atoms with Crippen molar-refractivity contribution in [3.8, 4) is 0 Å². The zero-order valence-corrected chi connectivity index (χ0v) is 20.7. The quantitative estimate of drug-likeness (QED) is 0.335. The fraction of sp³-hybridized carbons (Fsp3) is 0.538. The van der Waals surface area contributed by atoms with Gasteiger partial charge in [-0.1, -0.05) is 32.0 Å². The number of halogens is 1. The number of nitrogens with one attached hydrogen (secondary N) is 1. The van der Waals surface area contributed by atoms with E-state index >= 15 is 4.39 Å². The number of rotatable bonds is 11. The van der Waals surface area contributed by atoms with Crippen LogP contribution in [0.4, 0.5) is 15.9 Å². The van der Waals surface area contributed by atoms with Crippen molar-refractivity contribution in [3.63, 3.8) is 0 Å². The summed E-state index contributed by atoms with van der Waals surface area (Å²) in [6.07, 6.45) is 4.62. The Kier molecular flexibility index (Phi) is 9.20. The smallest absolute Gasteiger partial charge is 0.190 e. The average molecular weight is 443 g/mol. The molecule has 5 nitrogen and oxygen atoms in total. The molecule has 0 saturated carbocycles. The van der Waals surface area contributed by atoms with E-state index in [1.807, 2.05) is 17.9 Å². The van der Waals surface area contributed by atoms with Crippen molar-refractivity contribution >= 4 is 17.7 Å². The summed E-state index contributed by atoms with van der Waals surface area (Å²) in [6.45, 7) is 15.2. The average Bonchev–Trinajstić information content (AvgIpc) is 2.72. The van der Waals surface area contributed by atoms with Gasteiger partial charge in [0.25, 0.3) is 0 Å². The Hall–Kier alpha value is -2.47. The zero-order chi connectivity index (χ0) is 23.9. The molecule has 1 aromatic carbocycles. The van der Waals surface area contributed by atoms with Gasteiger partial charge in [-0.05, 0) is 82.6 Å². The summed E-state index contributed by atoms with van der Waals surface area (Å²) >= 11 is 0. The van der Waals surface area contributed by atoms with Gasteiger partial charge in [0.05, 0.1) is 11.8 Å². The maximum Gasteiger partial charge on any atom is 0.190 e. The highest BCUT2D eigenvalue weighted by Gasteiger charge is 2.22. The summed E-state index contributed by atoms with van der Waals surface area (Å²) in [5, 5.41) is 14.5. The lowest BCUT2D eigenvalue weighted by molar-refractivity contribution is 0.0711. The molecule has 0 unspecified atom stereocenters. The van der Waals surface area contributed by atoms with Gasteiger partial charge in [0, 0.05) is 18.8 Å². The van der Waals surface area contributed by atoms with Crippen LogP contribution in [0.2, 0.25) is 0 Å². The van der Waals surface area contributed by atoms with Gasteiger partial charge in [0.1, 0.15) is 5.69 Å². The molecule has 0 aliphatic carbocycles. The molecule has 0 saturated heterocycles. The van der Waals surface area contributed by atoms with E-state index in [2.05, 4.69) is 50.4 Å². The van der Waals surface area contributed by atoms with E-state index < -0.39 is 5.60 Å². The fourth-order valence-corrected chi connectivity index (χ4v) is 3.57. The van der Waals surface area contributed by atoms with E-state index in [0.29, 0.717) is 24.3 Å². The fourth-order valence-electron chi connectivity index (χ4n) is 3.57. The molecule has 0 amide bonds. The van der Waals surface area contributed by atoms with Crippen molar-refractivity contribution in [1.29, 1.82) is 0 Å². The molecule has 0 radical (unpaired) electrons. The predicted octanol–water partition coefficient (Wildman–Crippen LogP) is 5.92. The number of anilines is 2. The van der Waals surface area contributed by atoms with Gasteiger partial charge in [0.2, 0.25) is 0 Å². The maximum absolute atomic E-state index is 15.6. The first-order valence-corrected chi connectivity index (χ1v) is 11.6. The Bertz CT molecular complexity index is 928. The summed E-state index contributed by atoms with van der Waals surface area (Å²) in [7, 11) is 0. The lowest BCUT2D eigenvalue weighted by Gasteiger charge is -2.26. The normalized spacial score (nSPS) is 11.9. The second-order valence-corrected chi connectivity index (χ2v) is 9.21. The van der Waals surface area contributed by atoms with Gasteiger partial charge in [-0.3, -0.25) is 5.43 Å². The van der Waals surface area contributed by atoms with Crippen LogP contribution in [0.1, 0.15) is 74.9 Å². The van der Waals surface area contributed by atoms with Crippen LogP contribution in [-0.2, 0) is 6.42 Å². The Morgan fingerprint density at radius 1 is 1.12 bits per heavy atom. The first kappa shape index (κ1) is 25.8. The molecule has 1 heterocycles. The molecule has 32 heavy (non-hydrogen) atoms. The number of aromatic nitrogens is 1. The predicted molar refractivity (Wildman–Crippen MR) is 133 cm³/mol. The number of hydrogen-bond acceptors (Lipinski definition) is 5. The molecule has 0 bridgehead atoms. The molecule has 6 heteroatoms. The number of aryl methyl sites for hydroxylation is 3. The van der Waals surface area contributed by atoms with Crippen LogP contribution in [0, 0.1) is 26.6 Å². The third-order valence-corrected chi connectivity index (χ3v) is 5.65. The monoisotopic (exact) mass is 442 g/mol. The van der Waals surface area contributed by atoms with E-state index in [-0.39, 0.29) is 5.82 Å². The number of hydrazone groups is 1. The Labute approximate surface area is 192 Å². The molecular formula is C26H39FN4O. The minimum absolute atomic E-state index is 0.345. The molecule has 2 aromatic rings. The third kappa shape index (κ3) is 7.02. The van der Waals surface area contributed by atoms with Crippen LogP contribution >= 0.6 is 0 Å². The zero-order valence-electron chi connectivity index (χ0n) is 20.7. The number of hydrogen-bond donors (Lipinski definition) is 2. The van der Waals surface area contributed by atoms with Crippen molar-refractivity contribution in [2.75, 3.05) is 23.4 Å². The highest BCUT2D eigenvalue weighted by atomic mass is 19.1. The lowest BCUT2D eigenvalue weighted by atomic mass is 9.99. The molecule has 0 aliphatic rings. The van der Waals surface area contributed by atoms with Gasteiger partial charge in [-0.25, -0.2) is 9.37 Å². The molecule has 0 fully saturated rings. The van der Waals surface area contributed by atoms with Crippen LogP contribution in [-0.4, -0.2) is 35.0 Å². The van der Waals surface area contributed by atoms with Gasteiger partial charge in [0.15, 0.2) is 11.6 Å². The topological polar surface area (TPSA) is 60.8 Å². The Morgan fingerprint density at radius 3 is 2.34 bits per heavy atom. The largest absolute Gasteiger partial charge is 0.390 e. The van der Waals surface area contributed by atoms with Crippen LogP contribution in [0.15, 0.2) is 23.3 Å². The number of pyridine rings is 1. The second-order valence-electron chi connectivity index (χ2n) is 9.21. The highest BCUT2D eigenvalue weighted by Crippen LogP contribution is 2.31. The summed E-state index contributed by atoms with van der Waals surface area (Å²) in [5.41, 5.74) is 7.34. The van der Waals surface area contributed by atoms with E-state index in [1.54, 1.807) is 20.1 Å². The third-order valence-electron chi connectivity index (χ3n) is 5.65. The summed E-state index contributed by atoms with van der Waals surface area (Å²) in [4.78, 5) is 6.71. The molecule has 2 N–H and O–H groups in total. The van der Waals surface area contributed by atoms with Crippen molar-refractivity contribution in [2.24, 2.45) is 5.10 Å². The summed E-state index contributed by atoms with van der Waals surface area (Å²) < 4.78 is 15.6. The van der Waals surface area contributed by atoms with Crippen LogP contribution < -0.4 is 10.3 Å². The molecule has 176 valence electrons. The van der Waals surface area contributed by atoms with Crippen molar-refractivity contribution in [3.05, 3.63) is 52.0 Å². The van der Waals surface area contributed by atoms with Crippen LogP contribution in [0.5, 0.6) is 0 Å². The van der Waals surface area contributed by atoms with Gasteiger partial charge < -0.3 is 10.0 Å². The highest BCUT2D eigenvalue weighted by molar-refractivity contribution is 5.81. The van der Waals surface area contributed by atoms with Gasteiger partial charge in [-0.15, -0.1) is 0 Å². The maximum atomic E-state index is 15.6. The molecule has 2 rings (SSSR count). The Morgan fingerprint density at radius 2 is 1.78 bits per heavy atom. The first-order valence-electron chi connectivity index (χ1n) is 11.6. The van der Waals surface area contributed by atoms with Gasteiger partial charge >= 0.3 is 0 Å². The van der Waals surface area contributed by atoms with Crippen molar-refractivity contribution < 1.29 is 9.50 Å². The van der Waals surface area contributed by atoms with Crippen molar-refractivity contribution in [1.82, 2.24) is 4.98 Å². The lowest BCUT2D eigenvalue weighted by Crippen LogP contribution is -2.28. The number of nitrogens with zero attached hydrogens (tertiary/aromatic N) is 3. The number of aliphatic hydroxyl groups is 1. The van der Waals surface area contributed by atoms with Crippen LogP contribution in [0.25, 0.3) is 0 Å². The summed E-state index contributed by atoms with van der Waals surface area (Å²) in [6, 6.07) is 6.10. The van der Waals surface area contributed by atoms with Crippen molar-refractivity contribution in [2.45, 2.75) is 79.8 Å². The molecule has 0 atom stereocenters. The minimum Gasteiger partial charge on any atom is -0.390 e. The van der Waals surface area contributed by atoms with Gasteiger partial charge in [-0.2, -0.15) is 5.10 Å². The van der Waals surface area contributed by atoms with E-state index in [1.165, 1.54) is 11.1 Å². The summed E-state index contributed by atoms with van der Waals surface area (Å²) in [5.74, 6) is -0.0254. The Balaban J connectivity index is 2.44. The molecule has 0 aliphatic heterocycles. The minimum atomic E-state index is -0.815. The first-order chi connectivity index (χ1) is 15.1. The van der Waals surface area contributed by atoms with E-state index in [4.69, 9.17) is 4.98 Å². The van der Waals surface area contributed by atoms with Crippen LogP contribution in [0.3, 0.4) is 0 Å². The number of benzene rings is 1. The molecule has 1 aromatic heterocycles. The molecular weight excluding hydrogens is 403 g/mol. The van der Waals surface area contributed by atoms with E-state index in [9.17, 15) is 5.11 Å². The SMILES string of the molecule is CCCN(CCC)c1nc(CCC(C)(C)O)c(C)c(N/N=C/c2ccc(C)c(C)c2)c1F. The molecule has 0 spiro atoms.